The zero-order chi connectivity index (χ0) is 19.0. The third-order valence-electron chi connectivity index (χ3n) is 3.91. The first-order chi connectivity index (χ1) is 13.0. The minimum absolute atomic E-state index is 0.0155. The van der Waals surface area contributed by atoms with E-state index >= 15 is 0 Å². The molecule has 1 amide bonds. The molecule has 0 bridgehead atoms. The normalized spacial score (nSPS) is 10.9. The predicted octanol–water partition coefficient (Wildman–Crippen LogP) is 4.88. The van der Waals surface area contributed by atoms with Crippen LogP contribution in [0.4, 0.5) is 11.4 Å². The topological polar surface area (TPSA) is 89.5 Å². The summed E-state index contributed by atoms with van der Waals surface area (Å²) in [6.45, 7) is 0. The van der Waals surface area contributed by atoms with Crippen LogP contribution in [0.15, 0.2) is 60.2 Å². The Morgan fingerprint density at radius 2 is 2.11 bits per heavy atom. The van der Waals surface area contributed by atoms with Crippen molar-refractivity contribution in [2.24, 2.45) is 0 Å². The molecule has 0 aliphatic heterocycles. The average Bonchev–Trinajstić information content (AvgIpc) is 3.24. The number of thiazole rings is 1. The van der Waals surface area contributed by atoms with Gasteiger partial charge in [-0.05, 0) is 24.3 Å². The Bertz CT molecular complexity index is 1160. The highest BCUT2D eigenvalue weighted by atomic mass is 35.5. The van der Waals surface area contributed by atoms with Gasteiger partial charge in [0.15, 0.2) is 4.96 Å². The fourth-order valence-electron chi connectivity index (χ4n) is 2.62. The second kappa shape index (κ2) is 6.82. The highest BCUT2D eigenvalue weighted by Gasteiger charge is 2.16. The van der Waals surface area contributed by atoms with Gasteiger partial charge in [0.2, 0.25) is 0 Å². The maximum Gasteiger partial charge on any atom is 0.288 e. The highest BCUT2D eigenvalue weighted by molar-refractivity contribution is 7.15. The van der Waals surface area contributed by atoms with Gasteiger partial charge in [-0.2, -0.15) is 0 Å². The van der Waals surface area contributed by atoms with Crippen molar-refractivity contribution in [2.45, 2.75) is 0 Å². The predicted molar refractivity (Wildman–Crippen MR) is 105 cm³/mol. The van der Waals surface area contributed by atoms with Gasteiger partial charge in [0.05, 0.1) is 10.6 Å². The Labute approximate surface area is 162 Å². The molecule has 1 N–H and O–H groups in total. The SMILES string of the molecule is O=C(Nc1cccc(-c2cn3ccsc3n2)c1)c1ccc(Cl)c([N+](=O)[O-])c1. The van der Waals surface area contributed by atoms with Crippen molar-refractivity contribution in [1.82, 2.24) is 9.38 Å². The summed E-state index contributed by atoms with van der Waals surface area (Å²) in [5.74, 6) is -0.460. The number of anilines is 1. The maximum absolute atomic E-state index is 12.5. The van der Waals surface area contributed by atoms with Gasteiger partial charge in [0.25, 0.3) is 11.6 Å². The fourth-order valence-corrected chi connectivity index (χ4v) is 3.51. The van der Waals surface area contributed by atoms with Crippen LogP contribution in [0.5, 0.6) is 0 Å². The van der Waals surface area contributed by atoms with Crippen LogP contribution in [0.1, 0.15) is 10.4 Å². The number of nitrogens with zero attached hydrogens (tertiary/aromatic N) is 3. The number of hydrogen-bond acceptors (Lipinski definition) is 5. The van der Waals surface area contributed by atoms with Crippen LogP contribution >= 0.6 is 22.9 Å². The van der Waals surface area contributed by atoms with Crippen molar-refractivity contribution in [3.05, 3.63) is 80.9 Å². The molecule has 4 aromatic rings. The van der Waals surface area contributed by atoms with E-state index in [0.29, 0.717) is 5.69 Å². The molecular formula is C18H11ClN4O3S. The third-order valence-corrected chi connectivity index (χ3v) is 5.00. The van der Waals surface area contributed by atoms with Gasteiger partial charge < -0.3 is 5.32 Å². The van der Waals surface area contributed by atoms with E-state index < -0.39 is 10.8 Å². The summed E-state index contributed by atoms with van der Waals surface area (Å²) < 4.78 is 1.93. The number of fused-ring (bicyclic) bond motifs is 1. The van der Waals surface area contributed by atoms with E-state index in [9.17, 15) is 14.9 Å². The molecule has 2 aromatic carbocycles. The quantitative estimate of drug-likeness (QED) is 0.392. The molecule has 134 valence electrons. The summed E-state index contributed by atoms with van der Waals surface area (Å²) >= 11 is 7.32. The van der Waals surface area contributed by atoms with Gasteiger partial charge in [-0.1, -0.05) is 23.7 Å². The number of carbonyl (C=O) groups is 1. The van der Waals surface area contributed by atoms with E-state index in [-0.39, 0.29) is 16.3 Å². The monoisotopic (exact) mass is 398 g/mol. The Morgan fingerprint density at radius 1 is 1.26 bits per heavy atom. The van der Waals surface area contributed by atoms with Crippen LogP contribution in [-0.4, -0.2) is 20.2 Å². The van der Waals surface area contributed by atoms with E-state index in [0.717, 1.165) is 22.3 Å². The second-order valence-electron chi connectivity index (χ2n) is 5.68. The molecule has 0 aliphatic carbocycles. The van der Waals surface area contributed by atoms with Crippen molar-refractivity contribution < 1.29 is 9.72 Å². The molecule has 2 aromatic heterocycles. The van der Waals surface area contributed by atoms with Crippen molar-refractivity contribution in [3.63, 3.8) is 0 Å². The number of aromatic nitrogens is 2. The van der Waals surface area contributed by atoms with Gasteiger partial charge in [-0.3, -0.25) is 19.3 Å². The fraction of sp³-hybridized carbons (Fsp3) is 0. The number of benzene rings is 2. The molecule has 0 fully saturated rings. The van der Waals surface area contributed by atoms with Gasteiger partial charge in [-0.25, -0.2) is 4.98 Å². The lowest BCUT2D eigenvalue weighted by Crippen LogP contribution is -2.12. The lowest BCUT2D eigenvalue weighted by molar-refractivity contribution is -0.384. The summed E-state index contributed by atoms with van der Waals surface area (Å²) in [5.41, 5.74) is 2.05. The molecule has 9 heteroatoms. The molecule has 27 heavy (non-hydrogen) atoms. The number of imidazole rings is 1. The summed E-state index contributed by atoms with van der Waals surface area (Å²) in [4.78, 5) is 28.2. The van der Waals surface area contributed by atoms with E-state index in [4.69, 9.17) is 11.6 Å². The van der Waals surface area contributed by atoms with Gasteiger partial charge in [-0.15, -0.1) is 11.3 Å². The summed E-state index contributed by atoms with van der Waals surface area (Å²) in [5, 5.41) is 15.7. The first-order valence-electron chi connectivity index (χ1n) is 7.79. The molecule has 2 heterocycles. The summed E-state index contributed by atoms with van der Waals surface area (Å²) in [6, 6.07) is 11.2. The smallest absolute Gasteiger partial charge is 0.288 e. The maximum atomic E-state index is 12.5. The standard InChI is InChI=1S/C18H11ClN4O3S/c19-14-5-4-12(9-16(14)23(25)26)17(24)20-13-3-1-2-11(8-13)15-10-22-6-7-27-18(22)21-15/h1-10H,(H,20,24). The van der Waals surface area contributed by atoms with Gasteiger partial charge >= 0.3 is 0 Å². The minimum atomic E-state index is -0.621. The lowest BCUT2D eigenvalue weighted by atomic mass is 10.1. The van der Waals surface area contributed by atoms with E-state index in [1.165, 1.54) is 23.5 Å². The van der Waals surface area contributed by atoms with Crippen LogP contribution in [0.3, 0.4) is 0 Å². The zero-order valence-corrected chi connectivity index (χ0v) is 15.2. The van der Waals surface area contributed by atoms with Crippen LogP contribution in [-0.2, 0) is 0 Å². The van der Waals surface area contributed by atoms with Crippen LogP contribution in [0.2, 0.25) is 5.02 Å². The van der Waals surface area contributed by atoms with E-state index in [2.05, 4.69) is 10.3 Å². The van der Waals surface area contributed by atoms with Crippen LogP contribution < -0.4 is 5.32 Å². The molecular weight excluding hydrogens is 388 g/mol. The minimum Gasteiger partial charge on any atom is -0.322 e. The van der Waals surface area contributed by atoms with Gasteiger partial charge in [0, 0.05) is 40.7 Å². The molecule has 0 unspecified atom stereocenters. The first kappa shape index (κ1) is 17.2. The Kier molecular flexibility index (Phi) is 4.35. The van der Waals surface area contributed by atoms with Crippen molar-refractivity contribution in [3.8, 4) is 11.3 Å². The molecule has 0 spiro atoms. The van der Waals surface area contributed by atoms with Crippen molar-refractivity contribution in [1.29, 1.82) is 0 Å². The van der Waals surface area contributed by atoms with Crippen molar-refractivity contribution in [2.75, 3.05) is 5.32 Å². The number of nitro benzene ring substituents is 1. The number of hydrogen-bond donors (Lipinski definition) is 1. The second-order valence-corrected chi connectivity index (χ2v) is 6.96. The van der Waals surface area contributed by atoms with E-state index in [1.807, 2.05) is 34.3 Å². The molecule has 0 radical (unpaired) electrons. The van der Waals surface area contributed by atoms with E-state index in [1.54, 1.807) is 12.1 Å². The largest absolute Gasteiger partial charge is 0.322 e. The lowest BCUT2D eigenvalue weighted by Gasteiger charge is -2.07. The number of carbonyl (C=O) groups excluding carboxylic acids is 1. The highest BCUT2D eigenvalue weighted by Crippen LogP contribution is 2.27. The Hall–Kier alpha value is -3.23. The molecule has 0 saturated heterocycles. The number of rotatable bonds is 4. The average molecular weight is 399 g/mol. The van der Waals surface area contributed by atoms with Crippen LogP contribution in [0.25, 0.3) is 16.2 Å². The first-order valence-corrected chi connectivity index (χ1v) is 9.05. The third kappa shape index (κ3) is 3.40. The number of nitro groups is 1. The van der Waals surface area contributed by atoms with Gasteiger partial charge in [0.1, 0.15) is 5.02 Å². The molecule has 7 nitrogen and oxygen atoms in total. The summed E-state index contributed by atoms with van der Waals surface area (Å²) in [7, 11) is 0. The Balaban J connectivity index is 1.59. The molecule has 0 aliphatic rings. The summed E-state index contributed by atoms with van der Waals surface area (Å²) in [6.07, 6.45) is 3.84. The molecule has 0 atom stereocenters. The zero-order valence-electron chi connectivity index (χ0n) is 13.6. The number of nitrogens with one attached hydrogen (secondary N) is 1. The number of halogens is 1. The van der Waals surface area contributed by atoms with Crippen molar-refractivity contribution >= 4 is 45.2 Å². The number of amides is 1. The molecule has 0 saturated carbocycles. The van der Waals surface area contributed by atoms with Crippen LogP contribution in [0, 0.1) is 10.1 Å². The molecule has 4 rings (SSSR count). The Morgan fingerprint density at radius 3 is 2.89 bits per heavy atom.